The van der Waals surface area contributed by atoms with E-state index >= 15 is 0 Å². The van der Waals surface area contributed by atoms with Gasteiger partial charge in [0.05, 0.1) is 16.7 Å². The van der Waals surface area contributed by atoms with Gasteiger partial charge in [-0.2, -0.15) is 0 Å². The molecule has 3 aromatic rings. The van der Waals surface area contributed by atoms with Crippen molar-refractivity contribution in [2.75, 3.05) is 11.9 Å². The predicted octanol–water partition coefficient (Wildman–Crippen LogP) is 4.23. The Kier molecular flexibility index (Phi) is 3.49. The van der Waals surface area contributed by atoms with Crippen LogP contribution in [0.4, 0.5) is 10.5 Å². The average molecular weight is 336 g/mol. The summed E-state index contributed by atoms with van der Waals surface area (Å²) in [5, 5.41) is 0. The lowest BCUT2D eigenvalue weighted by Crippen LogP contribution is -2.43. The molecule has 1 aromatic carbocycles. The number of carbonyl (C=O) groups excluding carboxylic acids is 1. The third-order valence-electron chi connectivity index (χ3n) is 5.09. The van der Waals surface area contributed by atoms with Gasteiger partial charge in [0, 0.05) is 30.6 Å². The molecule has 6 nitrogen and oxygen atoms in total. The molecule has 1 aliphatic heterocycles. The fourth-order valence-electron chi connectivity index (χ4n) is 3.49. The highest BCUT2D eigenvalue weighted by Gasteiger charge is 2.42. The standard InChI is InChI=1S/C19H20N4O2/c1-4-19(5-2)13-9-14-15(10-16(13)23(3)18(24)25-19)22-17(21-14)12-7-6-8-20-11-12/h6-11H,4-5H2,1-3H3,(H,21,22). The number of aromatic nitrogens is 3. The molecular formula is C19H20N4O2. The summed E-state index contributed by atoms with van der Waals surface area (Å²) in [5.74, 6) is 0.763. The number of cyclic esters (lactones) is 1. The first-order valence-electron chi connectivity index (χ1n) is 8.49. The number of imidazole rings is 1. The van der Waals surface area contributed by atoms with Crippen LogP contribution in [0.3, 0.4) is 0 Å². The number of H-pyrrole nitrogens is 1. The van der Waals surface area contributed by atoms with Crippen LogP contribution in [0.2, 0.25) is 0 Å². The summed E-state index contributed by atoms with van der Waals surface area (Å²) in [6.45, 7) is 4.09. The number of benzene rings is 1. The Labute approximate surface area is 145 Å². The van der Waals surface area contributed by atoms with E-state index < -0.39 is 5.60 Å². The SMILES string of the molecule is CCC1(CC)OC(=O)N(C)c2cc3nc(-c4cccnc4)[nH]c3cc21. The van der Waals surface area contributed by atoms with Gasteiger partial charge in [0.25, 0.3) is 0 Å². The molecule has 0 bridgehead atoms. The van der Waals surface area contributed by atoms with Crippen LogP contribution in [-0.2, 0) is 10.3 Å². The second-order valence-corrected chi connectivity index (χ2v) is 6.34. The quantitative estimate of drug-likeness (QED) is 0.777. The van der Waals surface area contributed by atoms with Crippen molar-refractivity contribution in [2.45, 2.75) is 32.3 Å². The van der Waals surface area contributed by atoms with E-state index in [1.807, 2.05) is 32.0 Å². The first-order valence-corrected chi connectivity index (χ1v) is 8.49. The molecule has 0 saturated heterocycles. The molecule has 0 spiro atoms. The molecule has 2 aromatic heterocycles. The van der Waals surface area contributed by atoms with Gasteiger partial charge in [-0.1, -0.05) is 13.8 Å². The minimum atomic E-state index is -0.591. The molecule has 0 fully saturated rings. The Morgan fingerprint density at radius 1 is 1.28 bits per heavy atom. The topological polar surface area (TPSA) is 71.1 Å². The van der Waals surface area contributed by atoms with E-state index in [4.69, 9.17) is 4.74 Å². The predicted molar refractivity (Wildman–Crippen MR) is 96.5 cm³/mol. The summed E-state index contributed by atoms with van der Waals surface area (Å²) in [5.41, 5.74) is 3.96. The van der Waals surface area contributed by atoms with Crippen LogP contribution in [0.25, 0.3) is 22.4 Å². The van der Waals surface area contributed by atoms with Crippen molar-refractivity contribution in [3.05, 3.63) is 42.2 Å². The highest BCUT2D eigenvalue weighted by molar-refractivity contribution is 5.95. The minimum absolute atomic E-state index is 0.321. The largest absolute Gasteiger partial charge is 0.438 e. The molecule has 1 amide bonds. The highest BCUT2D eigenvalue weighted by atomic mass is 16.6. The number of nitrogens with zero attached hydrogens (tertiary/aromatic N) is 3. The maximum absolute atomic E-state index is 12.3. The molecule has 128 valence electrons. The van der Waals surface area contributed by atoms with Crippen molar-refractivity contribution in [1.29, 1.82) is 0 Å². The van der Waals surface area contributed by atoms with Crippen molar-refractivity contribution < 1.29 is 9.53 Å². The van der Waals surface area contributed by atoms with E-state index in [0.29, 0.717) is 0 Å². The summed E-state index contributed by atoms with van der Waals surface area (Å²) in [7, 11) is 1.73. The van der Waals surface area contributed by atoms with E-state index in [1.165, 1.54) is 0 Å². The third-order valence-corrected chi connectivity index (χ3v) is 5.09. The number of rotatable bonds is 3. The van der Waals surface area contributed by atoms with Crippen LogP contribution in [0.5, 0.6) is 0 Å². The van der Waals surface area contributed by atoms with E-state index in [-0.39, 0.29) is 6.09 Å². The molecule has 1 N–H and O–H groups in total. The zero-order valence-corrected chi connectivity index (χ0v) is 14.5. The number of hydrogen-bond acceptors (Lipinski definition) is 4. The zero-order chi connectivity index (χ0) is 17.6. The molecule has 0 saturated carbocycles. The van der Waals surface area contributed by atoms with Gasteiger partial charge in [0.1, 0.15) is 11.4 Å². The van der Waals surface area contributed by atoms with Crippen molar-refractivity contribution in [1.82, 2.24) is 15.0 Å². The monoisotopic (exact) mass is 336 g/mol. The lowest BCUT2D eigenvalue weighted by molar-refractivity contribution is -0.000119. The second-order valence-electron chi connectivity index (χ2n) is 6.34. The molecule has 0 radical (unpaired) electrons. The summed E-state index contributed by atoms with van der Waals surface area (Å²) in [6, 6.07) is 7.87. The number of hydrogen-bond donors (Lipinski definition) is 1. The molecule has 3 heterocycles. The number of fused-ring (bicyclic) bond motifs is 2. The average Bonchev–Trinajstić information content (AvgIpc) is 3.07. The van der Waals surface area contributed by atoms with Crippen LogP contribution in [0.15, 0.2) is 36.7 Å². The zero-order valence-electron chi connectivity index (χ0n) is 14.5. The van der Waals surface area contributed by atoms with E-state index in [0.717, 1.165) is 46.5 Å². The van der Waals surface area contributed by atoms with Crippen LogP contribution in [0.1, 0.15) is 32.3 Å². The Bertz CT molecular complexity index is 945. The Hall–Kier alpha value is -2.89. The van der Waals surface area contributed by atoms with Crippen molar-refractivity contribution in [3.63, 3.8) is 0 Å². The normalized spacial score (nSPS) is 16.0. The van der Waals surface area contributed by atoms with Crippen molar-refractivity contribution in [2.24, 2.45) is 0 Å². The number of anilines is 1. The highest BCUT2D eigenvalue weighted by Crippen LogP contribution is 2.44. The van der Waals surface area contributed by atoms with Gasteiger partial charge in [-0.15, -0.1) is 0 Å². The van der Waals surface area contributed by atoms with Gasteiger partial charge >= 0.3 is 6.09 Å². The Balaban J connectivity index is 1.93. The van der Waals surface area contributed by atoms with Gasteiger partial charge in [-0.25, -0.2) is 9.78 Å². The second kappa shape index (κ2) is 5.58. The molecular weight excluding hydrogens is 316 g/mol. The van der Waals surface area contributed by atoms with Crippen molar-refractivity contribution in [3.8, 4) is 11.4 Å². The lowest BCUT2D eigenvalue weighted by atomic mass is 9.85. The van der Waals surface area contributed by atoms with Crippen molar-refractivity contribution >= 4 is 22.8 Å². The lowest BCUT2D eigenvalue weighted by Gasteiger charge is -2.40. The van der Waals surface area contributed by atoms with Crippen LogP contribution >= 0.6 is 0 Å². The molecule has 1 aliphatic rings. The first-order chi connectivity index (χ1) is 12.1. The van der Waals surface area contributed by atoms with Gasteiger partial charge in [-0.05, 0) is 37.1 Å². The summed E-state index contributed by atoms with van der Waals surface area (Å²) in [6.07, 6.45) is 4.65. The van der Waals surface area contributed by atoms with Crippen LogP contribution < -0.4 is 4.90 Å². The van der Waals surface area contributed by atoms with E-state index in [9.17, 15) is 4.79 Å². The maximum Gasteiger partial charge on any atom is 0.414 e. The van der Waals surface area contributed by atoms with E-state index in [1.54, 1.807) is 24.3 Å². The molecule has 0 aliphatic carbocycles. The summed E-state index contributed by atoms with van der Waals surface area (Å²) >= 11 is 0. The smallest absolute Gasteiger partial charge is 0.414 e. The molecule has 6 heteroatoms. The summed E-state index contributed by atoms with van der Waals surface area (Å²) < 4.78 is 5.79. The van der Waals surface area contributed by atoms with Crippen LogP contribution in [-0.4, -0.2) is 28.1 Å². The molecule has 0 atom stereocenters. The number of ether oxygens (including phenoxy) is 1. The Morgan fingerprint density at radius 2 is 2.08 bits per heavy atom. The fraction of sp³-hybridized carbons (Fsp3) is 0.316. The summed E-state index contributed by atoms with van der Waals surface area (Å²) in [4.78, 5) is 26.1. The number of carbonyl (C=O) groups is 1. The number of aromatic amines is 1. The van der Waals surface area contributed by atoms with Gasteiger partial charge in [0.2, 0.25) is 0 Å². The number of amides is 1. The van der Waals surface area contributed by atoms with E-state index in [2.05, 4.69) is 21.0 Å². The first kappa shape index (κ1) is 15.6. The molecule has 25 heavy (non-hydrogen) atoms. The Morgan fingerprint density at radius 3 is 2.76 bits per heavy atom. The molecule has 4 rings (SSSR count). The van der Waals surface area contributed by atoms with Gasteiger partial charge in [-0.3, -0.25) is 9.88 Å². The minimum Gasteiger partial charge on any atom is -0.438 e. The third kappa shape index (κ3) is 2.28. The van der Waals surface area contributed by atoms with Gasteiger partial charge in [0.15, 0.2) is 0 Å². The maximum atomic E-state index is 12.3. The number of nitrogens with one attached hydrogen (secondary N) is 1. The fourth-order valence-corrected chi connectivity index (χ4v) is 3.49. The number of pyridine rings is 1. The van der Waals surface area contributed by atoms with Crippen LogP contribution in [0, 0.1) is 0 Å². The molecule has 0 unspecified atom stereocenters. The van der Waals surface area contributed by atoms with Gasteiger partial charge < -0.3 is 9.72 Å².